The number of hydrogen-bond acceptors (Lipinski definition) is 2. The maximum atomic E-state index is 13.0. The van der Waals surface area contributed by atoms with Gasteiger partial charge in [0, 0.05) is 10.5 Å². The standard InChI is InChI=1S/C14H9BrFNO/c15-10-3-1-9(2-4-10)13-8-18-14-7-11(16)5-6-12(14)17-13/h1-7H,8H2. The smallest absolute Gasteiger partial charge is 0.148 e. The van der Waals surface area contributed by atoms with Crippen LogP contribution in [0.5, 0.6) is 5.75 Å². The van der Waals surface area contributed by atoms with Crippen LogP contribution in [0.25, 0.3) is 0 Å². The molecule has 0 N–H and O–H groups in total. The zero-order chi connectivity index (χ0) is 12.5. The Labute approximate surface area is 112 Å². The van der Waals surface area contributed by atoms with E-state index in [9.17, 15) is 4.39 Å². The van der Waals surface area contributed by atoms with E-state index in [4.69, 9.17) is 4.74 Å². The molecule has 0 atom stereocenters. The fourth-order valence-corrected chi connectivity index (χ4v) is 2.07. The molecule has 3 rings (SSSR count). The van der Waals surface area contributed by atoms with E-state index in [1.807, 2.05) is 24.3 Å². The van der Waals surface area contributed by atoms with E-state index >= 15 is 0 Å². The first-order chi connectivity index (χ1) is 8.72. The van der Waals surface area contributed by atoms with E-state index in [0.717, 1.165) is 15.7 Å². The fourth-order valence-electron chi connectivity index (χ4n) is 1.81. The number of aliphatic imine (C=N–C) groups is 1. The number of fused-ring (bicyclic) bond motifs is 1. The number of nitrogens with zero attached hydrogens (tertiary/aromatic N) is 1. The summed E-state index contributed by atoms with van der Waals surface area (Å²) in [5, 5.41) is 0. The average molecular weight is 306 g/mol. The largest absolute Gasteiger partial charge is 0.485 e. The molecule has 0 amide bonds. The van der Waals surface area contributed by atoms with Gasteiger partial charge in [-0.15, -0.1) is 0 Å². The first-order valence-electron chi connectivity index (χ1n) is 5.48. The summed E-state index contributed by atoms with van der Waals surface area (Å²) in [6.07, 6.45) is 0. The monoisotopic (exact) mass is 305 g/mol. The summed E-state index contributed by atoms with van der Waals surface area (Å²) in [6.45, 7) is 0.359. The zero-order valence-electron chi connectivity index (χ0n) is 9.36. The molecule has 0 fully saturated rings. The van der Waals surface area contributed by atoms with Gasteiger partial charge in [0.05, 0.1) is 5.71 Å². The molecular formula is C14H9BrFNO. The van der Waals surface area contributed by atoms with Crippen molar-refractivity contribution in [2.24, 2.45) is 4.99 Å². The van der Waals surface area contributed by atoms with Crippen molar-refractivity contribution in [2.45, 2.75) is 0 Å². The molecule has 2 aromatic carbocycles. The second-order valence-electron chi connectivity index (χ2n) is 3.97. The maximum absolute atomic E-state index is 13.0. The van der Waals surface area contributed by atoms with Crippen molar-refractivity contribution in [3.05, 3.63) is 58.3 Å². The molecule has 0 bridgehead atoms. The van der Waals surface area contributed by atoms with E-state index in [1.54, 1.807) is 6.07 Å². The number of ether oxygens (including phenoxy) is 1. The molecule has 2 nitrogen and oxygen atoms in total. The second-order valence-corrected chi connectivity index (χ2v) is 4.88. The van der Waals surface area contributed by atoms with Crippen molar-refractivity contribution >= 4 is 27.3 Å². The lowest BCUT2D eigenvalue weighted by atomic mass is 10.1. The van der Waals surface area contributed by atoms with Crippen LogP contribution in [-0.4, -0.2) is 12.3 Å². The number of rotatable bonds is 1. The summed E-state index contributed by atoms with van der Waals surface area (Å²) in [4.78, 5) is 4.50. The predicted molar refractivity (Wildman–Crippen MR) is 72.2 cm³/mol. The van der Waals surface area contributed by atoms with Gasteiger partial charge in [-0.05, 0) is 29.8 Å². The Bertz CT molecular complexity index is 622. The van der Waals surface area contributed by atoms with Crippen LogP contribution in [0.2, 0.25) is 0 Å². The molecule has 2 aromatic rings. The van der Waals surface area contributed by atoms with Gasteiger partial charge in [-0.3, -0.25) is 0 Å². The third kappa shape index (κ3) is 2.16. The van der Waals surface area contributed by atoms with Crippen molar-refractivity contribution in [2.75, 3.05) is 6.61 Å². The van der Waals surface area contributed by atoms with Crippen LogP contribution < -0.4 is 4.74 Å². The van der Waals surface area contributed by atoms with Gasteiger partial charge in [0.1, 0.15) is 23.9 Å². The summed E-state index contributed by atoms with van der Waals surface area (Å²) < 4.78 is 19.6. The highest BCUT2D eigenvalue weighted by Crippen LogP contribution is 2.32. The van der Waals surface area contributed by atoms with Crippen LogP contribution in [0.4, 0.5) is 10.1 Å². The van der Waals surface area contributed by atoms with Crippen LogP contribution in [0.3, 0.4) is 0 Å². The molecule has 4 heteroatoms. The average Bonchev–Trinajstić information content (AvgIpc) is 2.39. The molecule has 0 spiro atoms. The lowest BCUT2D eigenvalue weighted by molar-refractivity contribution is 0.370. The summed E-state index contributed by atoms with van der Waals surface area (Å²) in [5.41, 5.74) is 2.52. The van der Waals surface area contributed by atoms with E-state index < -0.39 is 0 Å². The summed E-state index contributed by atoms with van der Waals surface area (Å²) in [7, 11) is 0. The predicted octanol–water partition coefficient (Wildman–Crippen LogP) is 4.10. The Morgan fingerprint density at radius 2 is 1.89 bits per heavy atom. The SMILES string of the molecule is Fc1ccc2c(c1)OCC(c1ccc(Br)cc1)=N2. The van der Waals surface area contributed by atoms with E-state index in [1.165, 1.54) is 12.1 Å². The van der Waals surface area contributed by atoms with E-state index in [0.29, 0.717) is 18.0 Å². The third-order valence-electron chi connectivity index (χ3n) is 2.72. The first-order valence-corrected chi connectivity index (χ1v) is 6.27. The molecule has 1 aliphatic rings. The molecule has 1 heterocycles. The normalized spacial score (nSPS) is 13.6. The van der Waals surface area contributed by atoms with Gasteiger partial charge >= 0.3 is 0 Å². The highest BCUT2D eigenvalue weighted by Gasteiger charge is 2.14. The Morgan fingerprint density at radius 3 is 2.67 bits per heavy atom. The van der Waals surface area contributed by atoms with Gasteiger partial charge in [0.15, 0.2) is 0 Å². The highest BCUT2D eigenvalue weighted by atomic mass is 79.9. The Balaban J connectivity index is 2.00. The summed E-state index contributed by atoms with van der Waals surface area (Å²) in [5.74, 6) is 0.187. The van der Waals surface area contributed by atoms with Crippen LogP contribution >= 0.6 is 15.9 Å². The zero-order valence-corrected chi connectivity index (χ0v) is 10.9. The van der Waals surface area contributed by atoms with Crippen molar-refractivity contribution < 1.29 is 9.13 Å². The molecule has 1 aliphatic heterocycles. The van der Waals surface area contributed by atoms with E-state index in [2.05, 4.69) is 20.9 Å². The number of benzene rings is 2. The topological polar surface area (TPSA) is 21.6 Å². The highest BCUT2D eigenvalue weighted by molar-refractivity contribution is 9.10. The molecule has 90 valence electrons. The fraction of sp³-hybridized carbons (Fsp3) is 0.0714. The van der Waals surface area contributed by atoms with Gasteiger partial charge in [0.25, 0.3) is 0 Å². The third-order valence-corrected chi connectivity index (χ3v) is 3.25. The molecule has 0 unspecified atom stereocenters. The first kappa shape index (κ1) is 11.4. The van der Waals surface area contributed by atoms with Gasteiger partial charge in [-0.25, -0.2) is 9.38 Å². The van der Waals surface area contributed by atoms with Crippen LogP contribution in [0, 0.1) is 5.82 Å². The Kier molecular flexibility index (Phi) is 2.88. The quantitative estimate of drug-likeness (QED) is 0.777. The minimum absolute atomic E-state index is 0.309. The summed E-state index contributed by atoms with van der Waals surface area (Å²) in [6, 6.07) is 12.2. The van der Waals surface area contributed by atoms with Crippen LogP contribution in [0.1, 0.15) is 5.56 Å². The molecule has 0 aliphatic carbocycles. The Hall–Kier alpha value is -1.68. The molecule has 18 heavy (non-hydrogen) atoms. The van der Waals surface area contributed by atoms with Crippen LogP contribution in [-0.2, 0) is 0 Å². The minimum Gasteiger partial charge on any atom is -0.485 e. The van der Waals surface area contributed by atoms with Crippen molar-refractivity contribution in [1.82, 2.24) is 0 Å². The Morgan fingerprint density at radius 1 is 1.11 bits per heavy atom. The van der Waals surface area contributed by atoms with Gasteiger partial charge in [-0.2, -0.15) is 0 Å². The van der Waals surface area contributed by atoms with Crippen molar-refractivity contribution in [1.29, 1.82) is 0 Å². The van der Waals surface area contributed by atoms with Crippen molar-refractivity contribution in [3.8, 4) is 5.75 Å². The molecular weight excluding hydrogens is 297 g/mol. The van der Waals surface area contributed by atoms with Gasteiger partial charge in [0.2, 0.25) is 0 Å². The molecule has 0 radical (unpaired) electrons. The second kappa shape index (κ2) is 4.53. The van der Waals surface area contributed by atoms with Gasteiger partial charge in [-0.1, -0.05) is 28.1 Å². The molecule has 0 aromatic heterocycles. The minimum atomic E-state index is -0.309. The van der Waals surface area contributed by atoms with Crippen LogP contribution in [0.15, 0.2) is 51.9 Å². The lowest BCUT2D eigenvalue weighted by Crippen LogP contribution is -2.16. The summed E-state index contributed by atoms with van der Waals surface area (Å²) >= 11 is 3.39. The van der Waals surface area contributed by atoms with Gasteiger partial charge < -0.3 is 4.74 Å². The number of hydrogen-bond donors (Lipinski definition) is 0. The van der Waals surface area contributed by atoms with Crippen molar-refractivity contribution in [3.63, 3.8) is 0 Å². The number of halogens is 2. The molecule has 0 saturated heterocycles. The maximum Gasteiger partial charge on any atom is 0.148 e. The van der Waals surface area contributed by atoms with E-state index in [-0.39, 0.29) is 5.82 Å². The molecule has 0 saturated carbocycles. The lowest BCUT2D eigenvalue weighted by Gasteiger charge is -2.17.